The molecule has 10 heteroatoms. The van der Waals surface area contributed by atoms with E-state index in [9.17, 15) is 14.4 Å². The summed E-state index contributed by atoms with van der Waals surface area (Å²) in [6, 6.07) is 2.51. The van der Waals surface area contributed by atoms with Crippen molar-refractivity contribution in [2.24, 2.45) is 11.8 Å². The van der Waals surface area contributed by atoms with E-state index in [1.807, 2.05) is 19.9 Å². The molecule has 0 aromatic carbocycles. The molecule has 1 saturated heterocycles. The third kappa shape index (κ3) is 4.60. The Morgan fingerprint density at radius 1 is 1.33 bits per heavy atom. The number of imide groups is 1. The molecule has 33 heavy (non-hydrogen) atoms. The molecule has 4 amide bonds. The Morgan fingerprint density at radius 3 is 2.73 bits per heavy atom. The second-order valence-electron chi connectivity index (χ2n) is 9.24. The van der Waals surface area contributed by atoms with Gasteiger partial charge in [0.2, 0.25) is 17.6 Å². The van der Waals surface area contributed by atoms with Gasteiger partial charge in [0.1, 0.15) is 18.1 Å². The molecule has 1 saturated carbocycles. The Labute approximate surface area is 192 Å². The first-order valence-electron chi connectivity index (χ1n) is 11.5. The van der Waals surface area contributed by atoms with Crippen LogP contribution in [0.15, 0.2) is 29.0 Å². The second-order valence-corrected chi connectivity index (χ2v) is 9.24. The smallest absolute Gasteiger partial charge is 0.325 e. The van der Waals surface area contributed by atoms with Gasteiger partial charge in [-0.25, -0.2) is 4.79 Å². The zero-order valence-electron chi connectivity index (χ0n) is 19.2. The molecular weight excluding hydrogens is 424 g/mol. The van der Waals surface area contributed by atoms with Crippen molar-refractivity contribution in [1.29, 1.82) is 0 Å². The Morgan fingerprint density at radius 2 is 2.09 bits per heavy atom. The van der Waals surface area contributed by atoms with Crippen molar-refractivity contribution in [1.82, 2.24) is 30.7 Å². The number of carbonyl (C=O) groups is 3. The molecule has 2 N–H and O–H groups in total. The highest BCUT2D eigenvalue weighted by molar-refractivity contribution is 6.09. The van der Waals surface area contributed by atoms with Gasteiger partial charge in [-0.2, -0.15) is 4.98 Å². The van der Waals surface area contributed by atoms with Gasteiger partial charge >= 0.3 is 6.03 Å². The standard InChI is InChI=1S/C23H30N6O4/c1-4-15-7-9-23(10-8-15)21(31)29(22(32)27-23)13-17(30)25-18(14(2)3)20-26-19(28-33-20)16-6-5-11-24-12-16/h5-6,11-12,14-15,18H,4,7-10,13H2,1-3H3,(H,25,30)(H,27,32). The molecule has 1 atom stereocenters. The number of pyridine rings is 1. The average molecular weight is 455 g/mol. The molecule has 3 heterocycles. The summed E-state index contributed by atoms with van der Waals surface area (Å²) in [5.74, 6) is 0.374. The van der Waals surface area contributed by atoms with E-state index in [4.69, 9.17) is 4.52 Å². The summed E-state index contributed by atoms with van der Waals surface area (Å²) in [6.07, 6.45) is 7.36. The summed E-state index contributed by atoms with van der Waals surface area (Å²) in [7, 11) is 0. The Hall–Kier alpha value is -3.30. The molecule has 1 spiro atoms. The monoisotopic (exact) mass is 454 g/mol. The number of urea groups is 1. The van der Waals surface area contributed by atoms with Crippen LogP contribution in [0.2, 0.25) is 0 Å². The van der Waals surface area contributed by atoms with Gasteiger partial charge in [-0.3, -0.25) is 19.5 Å². The predicted octanol–water partition coefficient (Wildman–Crippen LogP) is 2.84. The van der Waals surface area contributed by atoms with Gasteiger partial charge in [0.05, 0.1) is 0 Å². The van der Waals surface area contributed by atoms with Crippen molar-refractivity contribution in [3.63, 3.8) is 0 Å². The molecule has 0 radical (unpaired) electrons. The van der Waals surface area contributed by atoms with E-state index >= 15 is 0 Å². The van der Waals surface area contributed by atoms with Gasteiger partial charge in [0.25, 0.3) is 5.91 Å². The topological polar surface area (TPSA) is 130 Å². The maximum atomic E-state index is 13.1. The van der Waals surface area contributed by atoms with E-state index in [1.165, 1.54) is 0 Å². The van der Waals surface area contributed by atoms with Crippen LogP contribution in [0.5, 0.6) is 0 Å². The number of aromatic nitrogens is 3. The lowest BCUT2D eigenvalue weighted by atomic mass is 9.75. The van der Waals surface area contributed by atoms with Gasteiger partial charge in [-0.1, -0.05) is 32.3 Å². The first-order valence-corrected chi connectivity index (χ1v) is 11.5. The molecular formula is C23H30N6O4. The maximum Gasteiger partial charge on any atom is 0.325 e. The average Bonchev–Trinajstić information content (AvgIpc) is 3.38. The Bertz CT molecular complexity index is 1010. The van der Waals surface area contributed by atoms with Gasteiger partial charge in [0.15, 0.2) is 0 Å². The minimum absolute atomic E-state index is 0.0603. The van der Waals surface area contributed by atoms with E-state index < -0.39 is 23.5 Å². The van der Waals surface area contributed by atoms with E-state index in [1.54, 1.807) is 18.5 Å². The summed E-state index contributed by atoms with van der Waals surface area (Å²) in [4.78, 5) is 48.0. The predicted molar refractivity (Wildman–Crippen MR) is 118 cm³/mol. The van der Waals surface area contributed by atoms with Crippen LogP contribution in [0.3, 0.4) is 0 Å². The Balaban J connectivity index is 1.42. The molecule has 0 bridgehead atoms. The van der Waals surface area contributed by atoms with Crippen molar-refractivity contribution < 1.29 is 18.9 Å². The van der Waals surface area contributed by atoms with Gasteiger partial charge < -0.3 is 15.2 Å². The quantitative estimate of drug-likeness (QED) is 0.615. The van der Waals surface area contributed by atoms with E-state index in [-0.39, 0.29) is 24.3 Å². The van der Waals surface area contributed by atoms with Crippen LogP contribution >= 0.6 is 0 Å². The fourth-order valence-corrected chi connectivity index (χ4v) is 4.59. The fourth-order valence-electron chi connectivity index (χ4n) is 4.59. The van der Waals surface area contributed by atoms with E-state index in [0.29, 0.717) is 30.1 Å². The third-order valence-corrected chi connectivity index (χ3v) is 6.69. The number of hydrogen-bond acceptors (Lipinski definition) is 7. The lowest BCUT2D eigenvalue weighted by molar-refractivity contribution is -0.136. The number of nitrogens with one attached hydrogen (secondary N) is 2. The highest BCUT2D eigenvalue weighted by Crippen LogP contribution is 2.37. The molecule has 1 aliphatic carbocycles. The van der Waals surface area contributed by atoms with Crippen LogP contribution < -0.4 is 10.6 Å². The fraction of sp³-hybridized carbons (Fsp3) is 0.565. The molecule has 176 valence electrons. The Kier molecular flexibility index (Phi) is 6.44. The van der Waals surface area contributed by atoms with Crippen molar-refractivity contribution >= 4 is 17.8 Å². The SMILES string of the molecule is CCC1CCC2(CC1)NC(=O)N(CC(=O)NC(c1nc(-c3cccnc3)no1)C(C)C)C2=O. The van der Waals surface area contributed by atoms with Gasteiger partial charge in [-0.05, 0) is 49.7 Å². The van der Waals surface area contributed by atoms with Crippen molar-refractivity contribution in [2.45, 2.75) is 64.5 Å². The largest absolute Gasteiger partial charge is 0.342 e. The first kappa shape index (κ1) is 22.9. The number of carbonyl (C=O) groups excluding carboxylic acids is 3. The zero-order valence-corrected chi connectivity index (χ0v) is 19.2. The maximum absolute atomic E-state index is 13.1. The minimum atomic E-state index is -0.869. The van der Waals surface area contributed by atoms with Crippen molar-refractivity contribution in [3.8, 4) is 11.4 Å². The van der Waals surface area contributed by atoms with Crippen molar-refractivity contribution in [3.05, 3.63) is 30.4 Å². The minimum Gasteiger partial charge on any atom is -0.342 e. The highest BCUT2D eigenvalue weighted by Gasteiger charge is 2.52. The zero-order chi connectivity index (χ0) is 23.6. The molecule has 4 rings (SSSR count). The summed E-state index contributed by atoms with van der Waals surface area (Å²) < 4.78 is 5.40. The van der Waals surface area contributed by atoms with Crippen molar-refractivity contribution in [2.75, 3.05) is 6.54 Å². The summed E-state index contributed by atoms with van der Waals surface area (Å²) >= 11 is 0. The molecule has 1 aliphatic heterocycles. The van der Waals surface area contributed by atoms with Crippen LogP contribution in [-0.4, -0.2) is 50.0 Å². The summed E-state index contributed by atoms with van der Waals surface area (Å²) in [5.41, 5.74) is -0.172. The third-order valence-electron chi connectivity index (χ3n) is 6.69. The van der Waals surface area contributed by atoms with Crippen LogP contribution in [0.1, 0.15) is 64.8 Å². The van der Waals surface area contributed by atoms with Crippen LogP contribution in [0.25, 0.3) is 11.4 Å². The van der Waals surface area contributed by atoms with Gasteiger partial charge in [0, 0.05) is 18.0 Å². The molecule has 10 nitrogen and oxygen atoms in total. The molecule has 1 unspecified atom stereocenters. The number of amides is 4. The lowest BCUT2D eigenvalue weighted by Gasteiger charge is -2.34. The van der Waals surface area contributed by atoms with Gasteiger partial charge in [-0.15, -0.1) is 0 Å². The van der Waals surface area contributed by atoms with Crippen LogP contribution in [-0.2, 0) is 9.59 Å². The van der Waals surface area contributed by atoms with E-state index in [0.717, 1.165) is 24.2 Å². The normalized spacial score (nSPS) is 23.8. The number of rotatable bonds is 7. The molecule has 2 aromatic heterocycles. The van der Waals surface area contributed by atoms with Crippen LogP contribution in [0, 0.1) is 11.8 Å². The number of nitrogens with zero attached hydrogens (tertiary/aromatic N) is 4. The van der Waals surface area contributed by atoms with Crippen LogP contribution in [0.4, 0.5) is 4.79 Å². The highest BCUT2D eigenvalue weighted by atomic mass is 16.5. The lowest BCUT2D eigenvalue weighted by Crippen LogP contribution is -2.50. The van der Waals surface area contributed by atoms with E-state index in [2.05, 4.69) is 32.7 Å². The molecule has 2 aliphatic rings. The second kappa shape index (κ2) is 9.29. The summed E-state index contributed by atoms with van der Waals surface area (Å²) in [5, 5.41) is 9.70. The first-order chi connectivity index (χ1) is 15.8. The molecule has 2 aromatic rings. The number of hydrogen-bond donors (Lipinski definition) is 2. The summed E-state index contributed by atoms with van der Waals surface area (Å²) in [6.45, 7) is 5.61. The molecule has 2 fully saturated rings.